The highest BCUT2D eigenvalue weighted by Crippen LogP contribution is 2.65. The Kier molecular flexibility index (Phi) is 10.1. The quantitative estimate of drug-likeness (QED) is 0.199. The molecule has 51 heavy (non-hydrogen) atoms. The smallest absolute Gasteiger partial charge is 0.315 e. The second kappa shape index (κ2) is 13.6. The van der Waals surface area contributed by atoms with Crippen molar-refractivity contribution in [3.63, 3.8) is 0 Å². The summed E-state index contributed by atoms with van der Waals surface area (Å²) in [4.78, 5) is 70.3. The fourth-order valence-electron chi connectivity index (χ4n) is 8.84. The van der Waals surface area contributed by atoms with E-state index in [4.69, 9.17) is 0 Å². The maximum absolute atomic E-state index is 14.6. The van der Waals surface area contributed by atoms with Crippen molar-refractivity contribution in [1.29, 1.82) is 0 Å². The number of amides is 5. The van der Waals surface area contributed by atoms with E-state index in [9.17, 15) is 32.4 Å². The molecule has 0 aromatic heterocycles. The molecule has 1 saturated heterocycles. The number of urea groups is 1. The van der Waals surface area contributed by atoms with Gasteiger partial charge in [0.15, 0.2) is 0 Å². The molecule has 6 aliphatic rings. The molecule has 1 aliphatic heterocycles. The lowest BCUT2D eigenvalue weighted by atomic mass is 9.79. The number of nitrogens with one attached hydrogen (secondary N) is 4. The molecular weight excluding hydrogens is 673 g/mol. The molecule has 14 heteroatoms. The van der Waals surface area contributed by atoms with Crippen molar-refractivity contribution in [2.24, 2.45) is 28.6 Å². The zero-order valence-corrected chi connectivity index (χ0v) is 32.4. The van der Waals surface area contributed by atoms with Gasteiger partial charge in [0.05, 0.1) is 16.8 Å². The van der Waals surface area contributed by atoms with Crippen LogP contribution in [0.25, 0.3) is 0 Å². The standard InChI is InChI=1S/C37H60N6O7S/c1-21(51(49,50)42(7)24-15-16-24)37(17-9-8-10-18-37)41-34(48)40-30(35(2,3)4)33(47)43-20-25-27(36(25,5)6)28(43)31(45)39-26(19-22-11-12-22)29(44)32(46)38-23-13-14-23/h21-28,30H,8-20H2,1-7H3,(H,38,46)(H,39,45)(H2,40,41,48)/t21-,25+,26+,27+,28+,30-/m1/s1. The van der Waals surface area contributed by atoms with Crippen molar-refractivity contribution in [3.8, 4) is 0 Å². The third-order valence-electron chi connectivity index (χ3n) is 13.0. The van der Waals surface area contributed by atoms with Crippen LogP contribution in [0.1, 0.15) is 119 Å². The molecule has 6 fully saturated rings. The lowest BCUT2D eigenvalue weighted by Gasteiger charge is -2.44. The van der Waals surface area contributed by atoms with E-state index in [0.29, 0.717) is 25.8 Å². The highest BCUT2D eigenvalue weighted by Gasteiger charge is 2.70. The fourth-order valence-corrected chi connectivity index (χ4v) is 10.8. The van der Waals surface area contributed by atoms with Gasteiger partial charge in [0.1, 0.15) is 12.1 Å². The molecule has 1 heterocycles. The molecule has 4 N–H and O–H groups in total. The van der Waals surface area contributed by atoms with Gasteiger partial charge in [-0.25, -0.2) is 17.5 Å². The SMILES string of the molecule is C[C@H](C1(NC(=O)N[C@H](C(=O)N2C[C@H]3[C@@H]([C@H]2C(=O)N[C@@H](CC2CC2)C(=O)C(=O)NC2CC2)C3(C)C)C(C)(C)C)CCCCC1)S(=O)(=O)N(C)C1CC1. The molecule has 0 unspecified atom stereocenters. The lowest BCUT2D eigenvalue weighted by molar-refractivity contribution is -0.145. The maximum atomic E-state index is 14.6. The molecule has 0 aromatic carbocycles. The molecular formula is C37H60N6O7S. The Hall–Kier alpha value is -2.74. The maximum Gasteiger partial charge on any atom is 0.315 e. The van der Waals surface area contributed by atoms with Crippen molar-refractivity contribution in [1.82, 2.24) is 30.5 Å². The zero-order chi connectivity index (χ0) is 37.3. The Labute approximate surface area is 303 Å². The predicted molar refractivity (Wildman–Crippen MR) is 192 cm³/mol. The predicted octanol–water partition coefficient (Wildman–Crippen LogP) is 2.83. The van der Waals surface area contributed by atoms with Crippen LogP contribution in [0.2, 0.25) is 0 Å². The number of carbonyl (C=O) groups excluding carboxylic acids is 5. The van der Waals surface area contributed by atoms with Crippen molar-refractivity contribution in [2.75, 3.05) is 13.6 Å². The number of ketones is 1. The molecule has 5 aliphatic carbocycles. The van der Waals surface area contributed by atoms with Gasteiger partial charge in [0.25, 0.3) is 5.91 Å². The first-order valence-electron chi connectivity index (χ1n) is 19.3. The summed E-state index contributed by atoms with van der Waals surface area (Å²) in [5.74, 6) is -1.96. The van der Waals surface area contributed by atoms with E-state index in [1.807, 2.05) is 20.8 Å². The average molecular weight is 733 g/mol. The number of piperidine rings is 1. The van der Waals surface area contributed by atoms with E-state index in [1.165, 1.54) is 4.31 Å². The molecule has 0 radical (unpaired) electrons. The summed E-state index contributed by atoms with van der Waals surface area (Å²) in [6, 6.07) is -3.45. The molecule has 5 amide bonds. The van der Waals surface area contributed by atoms with Crippen molar-refractivity contribution >= 4 is 39.6 Å². The Balaban J connectivity index is 1.19. The normalized spacial score (nSPS) is 28.5. The van der Waals surface area contributed by atoms with E-state index < -0.39 is 73.9 Å². The van der Waals surface area contributed by atoms with Crippen LogP contribution in [-0.2, 0) is 29.2 Å². The van der Waals surface area contributed by atoms with Gasteiger partial charge < -0.3 is 26.2 Å². The van der Waals surface area contributed by atoms with Gasteiger partial charge in [-0.1, -0.05) is 66.7 Å². The third-order valence-corrected chi connectivity index (χ3v) is 15.4. The zero-order valence-electron chi connectivity index (χ0n) is 31.5. The van der Waals surface area contributed by atoms with Gasteiger partial charge in [0.2, 0.25) is 27.6 Å². The summed E-state index contributed by atoms with van der Waals surface area (Å²) in [5.41, 5.74) is -1.94. The average Bonchev–Trinajstić information content (AvgIpc) is 3.86. The van der Waals surface area contributed by atoms with Gasteiger partial charge >= 0.3 is 6.03 Å². The van der Waals surface area contributed by atoms with Crippen LogP contribution in [0, 0.1) is 28.6 Å². The summed E-state index contributed by atoms with van der Waals surface area (Å²) in [7, 11) is -2.08. The second-order valence-corrected chi connectivity index (χ2v) is 20.6. The molecule has 13 nitrogen and oxygen atoms in total. The molecule has 5 saturated carbocycles. The van der Waals surface area contributed by atoms with Gasteiger partial charge in [-0.05, 0) is 80.5 Å². The highest BCUT2D eigenvalue weighted by molar-refractivity contribution is 7.89. The Morgan fingerprint density at radius 2 is 1.55 bits per heavy atom. The first-order chi connectivity index (χ1) is 23.8. The summed E-state index contributed by atoms with van der Waals surface area (Å²) in [6.45, 7) is 11.7. The fraction of sp³-hybridized carbons (Fsp3) is 0.865. The van der Waals surface area contributed by atoms with Crippen LogP contribution >= 0.6 is 0 Å². The number of hydrogen-bond acceptors (Lipinski definition) is 7. The number of hydrogen-bond donors (Lipinski definition) is 4. The highest BCUT2D eigenvalue weighted by atomic mass is 32.2. The van der Waals surface area contributed by atoms with E-state index in [2.05, 4.69) is 35.1 Å². The molecule has 286 valence electrons. The van der Waals surface area contributed by atoms with Crippen LogP contribution in [0.4, 0.5) is 4.79 Å². The van der Waals surface area contributed by atoms with Crippen LogP contribution in [0.15, 0.2) is 0 Å². The number of Topliss-reactive ketones (excluding diaryl/α,β-unsaturated/α-hetero) is 1. The topological polar surface area (TPSA) is 174 Å². The van der Waals surface area contributed by atoms with E-state index >= 15 is 0 Å². The molecule has 0 bridgehead atoms. The summed E-state index contributed by atoms with van der Waals surface area (Å²) in [5, 5.41) is 10.8. The number of sulfonamides is 1. The monoisotopic (exact) mass is 732 g/mol. The summed E-state index contributed by atoms with van der Waals surface area (Å²) >= 11 is 0. The summed E-state index contributed by atoms with van der Waals surface area (Å²) in [6.07, 6.45) is 9.17. The lowest BCUT2D eigenvalue weighted by Crippen LogP contribution is -2.66. The molecule has 0 spiro atoms. The van der Waals surface area contributed by atoms with Crippen molar-refractivity contribution in [2.45, 2.75) is 160 Å². The summed E-state index contributed by atoms with van der Waals surface area (Å²) < 4.78 is 28.9. The molecule has 0 aromatic rings. The number of carbonyl (C=O) groups is 5. The number of rotatable bonds is 14. The van der Waals surface area contributed by atoms with Crippen LogP contribution in [0.5, 0.6) is 0 Å². The Bertz CT molecular complexity index is 1520. The Morgan fingerprint density at radius 1 is 0.922 bits per heavy atom. The second-order valence-electron chi connectivity index (χ2n) is 18.3. The van der Waals surface area contributed by atoms with Crippen LogP contribution < -0.4 is 21.3 Å². The van der Waals surface area contributed by atoms with Crippen molar-refractivity contribution in [3.05, 3.63) is 0 Å². The number of likely N-dealkylation sites (tertiary alicyclic amines) is 1. The van der Waals surface area contributed by atoms with Gasteiger partial charge in [-0.2, -0.15) is 0 Å². The third kappa shape index (κ3) is 7.82. The largest absolute Gasteiger partial charge is 0.347 e. The minimum atomic E-state index is -3.70. The minimum Gasteiger partial charge on any atom is -0.347 e. The van der Waals surface area contributed by atoms with E-state index in [0.717, 1.165) is 57.8 Å². The van der Waals surface area contributed by atoms with Gasteiger partial charge in [0, 0.05) is 25.7 Å². The van der Waals surface area contributed by atoms with Crippen LogP contribution in [0.3, 0.4) is 0 Å². The molecule has 6 atom stereocenters. The number of fused-ring (bicyclic) bond motifs is 1. The van der Waals surface area contributed by atoms with Crippen LogP contribution in [-0.4, -0.2) is 102 Å². The first kappa shape index (κ1) is 38.0. The minimum absolute atomic E-state index is 0.00129. The number of nitrogens with zero attached hydrogens (tertiary/aromatic N) is 2. The molecule has 6 rings (SSSR count). The van der Waals surface area contributed by atoms with E-state index in [1.54, 1.807) is 18.9 Å². The first-order valence-corrected chi connectivity index (χ1v) is 20.8. The van der Waals surface area contributed by atoms with E-state index in [-0.39, 0.29) is 35.3 Å². The van der Waals surface area contributed by atoms with Gasteiger partial charge in [-0.3, -0.25) is 19.2 Å². The van der Waals surface area contributed by atoms with Crippen molar-refractivity contribution < 1.29 is 32.4 Å². The van der Waals surface area contributed by atoms with Gasteiger partial charge in [-0.15, -0.1) is 0 Å². The Morgan fingerprint density at radius 3 is 2.10 bits per heavy atom.